The van der Waals surface area contributed by atoms with Crippen LogP contribution in [0.25, 0.3) is 0 Å². The van der Waals surface area contributed by atoms with Crippen LogP contribution in [0.5, 0.6) is 0 Å². The first-order valence-electron chi connectivity index (χ1n) is 4.08. The topological polar surface area (TPSA) is 26.3 Å². The number of carbonyl (C=O) groups is 1. The standard InChI is InChI=1S/C9H12O2/c1-6(10)8-4-7-2-3-9(8)11-5-7/h2-3,7-9H,4-5H2,1H3/t7-,8-,9+/m0/s1. The minimum Gasteiger partial charge on any atom is -0.373 e. The summed E-state index contributed by atoms with van der Waals surface area (Å²) in [6.45, 7) is 2.47. The molecule has 0 unspecified atom stereocenters. The second-order valence-corrected chi connectivity index (χ2v) is 3.40. The van der Waals surface area contributed by atoms with E-state index in [1.807, 2.05) is 6.08 Å². The highest BCUT2D eigenvalue weighted by atomic mass is 16.5. The molecule has 0 N–H and O–H groups in total. The van der Waals surface area contributed by atoms with Crippen LogP contribution in [0.1, 0.15) is 13.3 Å². The number of fused-ring (bicyclic) bond motifs is 2. The fourth-order valence-electron chi connectivity index (χ4n) is 1.87. The maximum atomic E-state index is 11.1. The van der Waals surface area contributed by atoms with Gasteiger partial charge in [-0.2, -0.15) is 0 Å². The van der Waals surface area contributed by atoms with Crippen molar-refractivity contribution in [3.63, 3.8) is 0 Å². The van der Waals surface area contributed by atoms with Gasteiger partial charge in [0.1, 0.15) is 5.78 Å². The van der Waals surface area contributed by atoms with Gasteiger partial charge in [0, 0.05) is 11.8 Å². The van der Waals surface area contributed by atoms with Crippen molar-refractivity contribution in [1.29, 1.82) is 0 Å². The first-order valence-corrected chi connectivity index (χ1v) is 4.08. The van der Waals surface area contributed by atoms with Crippen molar-refractivity contribution in [2.45, 2.75) is 19.4 Å². The van der Waals surface area contributed by atoms with Gasteiger partial charge < -0.3 is 4.74 Å². The minimum absolute atomic E-state index is 0.0810. The number of Topliss-reactive ketones (excluding diaryl/α,β-unsaturated/α-hetero) is 1. The Bertz CT molecular complexity index is 208. The summed E-state index contributed by atoms with van der Waals surface area (Å²) in [5, 5.41) is 0. The maximum absolute atomic E-state index is 11.1. The Labute approximate surface area is 66.2 Å². The van der Waals surface area contributed by atoms with E-state index in [9.17, 15) is 4.79 Å². The van der Waals surface area contributed by atoms with E-state index in [1.54, 1.807) is 6.92 Å². The molecular weight excluding hydrogens is 140 g/mol. The Balaban J connectivity index is 2.17. The highest BCUT2D eigenvalue weighted by molar-refractivity contribution is 5.79. The van der Waals surface area contributed by atoms with Crippen LogP contribution in [0.15, 0.2) is 12.2 Å². The molecule has 3 aliphatic rings. The lowest BCUT2D eigenvalue weighted by molar-refractivity contribution is -0.130. The van der Waals surface area contributed by atoms with E-state index in [-0.39, 0.29) is 17.8 Å². The summed E-state index contributed by atoms with van der Waals surface area (Å²) >= 11 is 0. The van der Waals surface area contributed by atoms with Crippen LogP contribution in [-0.2, 0) is 9.53 Å². The third-order valence-electron chi connectivity index (χ3n) is 2.55. The molecule has 0 radical (unpaired) electrons. The van der Waals surface area contributed by atoms with Crippen molar-refractivity contribution in [3.8, 4) is 0 Å². The molecule has 11 heavy (non-hydrogen) atoms. The summed E-state index contributed by atoms with van der Waals surface area (Å²) in [6, 6.07) is 0. The van der Waals surface area contributed by atoms with E-state index in [0.717, 1.165) is 13.0 Å². The van der Waals surface area contributed by atoms with Crippen molar-refractivity contribution in [1.82, 2.24) is 0 Å². The molecule has 1 aliphatic carbocycles. The first-order chi connectivity index (χ1) is 5.27. The molecule has 0 aromatic rings. The van der Waals surface area contributed by atoms with E-state index in [0.29, 0.717) is 5.92 Å². The van der Waals surface area contributed by atoms with E-state index >= 15 is 0 Å². The van der Waals surface area contributed by atoms with Crippen LogP contribution < -0.4 is 0 Å². The van der Waals surface area contributed by atoms with Gasteiger partial charge in [-0.1, -0.05) is 12.2 Å². The molecule has 2 heteroatoms. The van der Waals surface area contributed by atoms with Gasteiger partial charge in [-0.05, 0) is 13.3 Å². The zero-order valence-corrected chi connectivity index (χ0v) is 6.62. The van der Waals surface area contributed by atoms with Crippen molar-refractivity contribution >= 4 is 5.78 Å². The average Bonchev–Trinajstić information content (AvgIpc) is 2.06. The lowest BCUT2D eigenvalue weighted by atomic mass is 9.80. The van der Waals surface area contributed by atoms with Crippen molar-refractivity contribution in [2.75, 3.05) is 6.61 Å². The fourth-order valence-corrected chi connectivity index (χ4v) is 1.87. The average molecular weight is 152 g/mol. The molecule has 1 saturated heterocycles. The van der Waals surface area contributed by atoms with Gasteiger partial charge in [0.05, 0.1) is 12.7 Å². The van der Waals surface area contributed by atoms with Crippen LogP contribution in [0.4, 0.5) is 0 Å². The van der Waals surface area contributed by atoms with Crippen molar-refractivity contribution in [3.05, 3.63) is 12.2 Å². The highest BCUT2D eigenvalue weighted by Crippen LogP contribution is 2.32. The largest absolute Gasteiger partial charge is 0.373 e. The summed E-state index contributed by atoms with van der Waals surface area (Å²) in [5.41, 5.74) is 0. The smallest absolute Gasteiger partial charge is 0.135 e. The number of hydrogen-bond donors (Lipinski definition) is 0. The molecule has 3 rings (SSSR count). The normalized spacial score (nSPS) is 41.0. The number of rotatable bonds is 1. The monoisotopic (exact) mass is 152 g/mol. The molecule has 60 valence electrons. The first kappa shape index (κ1) is 7.04. The van der Waals surface area contributed by atoms with E-state index in [1.165, 1.54) is 0 Å². The summed E-state index contributed by atoms with van der Waals surface area (Å²) in [7, 11) is 0. The van der Waals surface area contributed by atoms with Crippen molar-refractivity contribution in [2.24, 2.45) is 11.8 Å². The molecule has 3 atom stereocenters. The molecule has 2 bridgehead atoms. The number of carbonyl (C=O) groups excluding carboxylic acids is 1. The molecule has 0 aromatic carbocycles. The lowest BCUT2D eigenvalue weighted by Gasteiger charge is -2.36. The number of ether oxygens (including phenoxy) is 1. The summed E-state index contributed by atoms with van der Waals surface area (Å²) in [5.74, 6) is 0.900. The molecule has 2 nitrogen and oxygen atoms in total. The Morgan fingerprint density at radius 1 is 1.55 bits per heavy atom. The van der Waals surface area contributed by atoms with E-state index in [2.05, 4.69) is 6.08 Å². The van der Waals surface area contributed by atoms with Gasteiger partial charge in [-0.3, -0.25) is 4.79 Å². The molecule has 2 heterocycles. The zero-order valence-electron chi connectivity index (χ0n) is 6.62. The predicted molar refractivity (Wildman–Crippen MR) is 41.2 cm³/mol. The summed E-state index contributed by atoms with van der Waals surface area (Å²) < 4.78 is 5.44. The summed E-state index contributed by atoms with van der Waals surface area (Å²) in [6.07, 6.45) is 5.28. The second kappa shape index (κ2) is 2.45. The minimum atomic E-state index is 0.0810. The van der Waals surface area contributed by atoms with E-state index < -0.39 is 0 Å². The number of hydrogen-bond acceptors (Lipinski definition) is 2. The molecule has 0 aromatic heterocycles. The van der Waals surface area contributed by atoms with E-state index in [4.69, 9.17) is 4.74 Å². The molecule has 0 amide bonds. The van der Waals surface area contributed by atoms with Gasteiger partial charge in [-0.15, -0.1) is 0 Å². The maximum Gasteiger partial charge on any atom is 0.135 e. The van der Waals surface area contributed by atoms with Crippen LogP contribution >= 0.6 is 0 Å². The molecule has 1 fully saturated rings. The Kier molecular flexibility index (Phi) is 1.57. The van der Waals surface area contributed by atoms with Gasteiger partial charge >= 0.3 is 0 Å². The Morgan fingerprint density at radius 2 is 2.36 bits per heavy atom. The van der Waals surface area contributed by atoms with Gasteiger partial charge in [0.2, 0.25) is 0 Å². The quantitative estimate of drug-likeness (QED) is 0.527. The van der Waals surface area contributed by atoms with Crippen LogP contribution in [0.3, 0.4) is 0 Å². The molecule has 0 spiro atoms. The van der Waals surface area contributed by atoms with Crippen LogP contribution in [0.2, 0.25) is 0 Å². The summed E-state index contributed by atoms with van der Waals surface area (Å²) in [4.78, 5) is 11.1. The molecule has 2 aliphatic heterocycles. The third kappa shape index (κ3) is 1.11. The lowest BCUT2D eigenvalue weighted by Crippen LogP contribution is -2.39. The third-order valence-corrected chi connectivity index (χ3v) is 2.55. The van der Waals surface area contributed by atoms with Crippen LogP contribution in [-0.4, -0.2) is 18.5 Å². The predicted octanol–water partition coefficient (Wildman–Crippen LogP) is 1.17. The van der Waals surface area contributed by atoms with Crippen molar-refractivity contribution < 1.29 is 9.53 Å². The Hall–Kier alpha value is -0.630. The zero-order chi connectivity index (χ0) is 7.84. The highest BCUT2D eigenvalue weighted by Gasteiger charge is 2.35. The second-order valence-electron chi connectivity index (χ2n) is 3.40. The van der Waals surface area contributed by atoms with Crippen LogP contribution in [0, 0.1) is 11.8 Å². The SMILES string of the molecule is CC(=O)[C@@H]1C[C@@H]2C=C[C@H]1OC2. The number of ketones is 1. The molecular formula is C9H12O2. The fraction of sp³-hybridized carbons (Fsp3) is 0.667. The van der Waals surface area contributed by atoms with Gasteiger partial charge in [0.15, 0.2) is 0 Å². The van der Waals surface area contributed by atoms with Gasteiger partial charge in [-0.25, -0.2) is 0 Å². The van der Waals surface area contributed by atoms with Gasteiger partial charge in [0.25, 0.3) is 0 Å². The Morgan fingerprint density at radius 3 is 2.64 bits per heavy atom. The molecule has 0 saturated carbocycles.